The Labute approximate surface area is 68.8 Å². The Morgan fingerprint density at radius 3 is 2.33 bits per heavy atom. The highest BCUT2D eigenvalue weighted by Crippen LogP contribution is 2.27. The molecular formula is C7H12F3NO. The number of nitrogens with one attached hydrogen (secondary N) is 1. The van der Waals surface area contributed by atoms with Crippen LogP contribution in [0.4, 0.5) is 13.2 Å². The molecule has 1 heterocycles. The minimum absolute atomic E-state index is 0.0106. The molecule has 0 bridgehead atoms. The molecule has 0 unspecified atom stereocenters. The molecule has 0 aliphatic carbocycles. The zero-order valence-corrected chi connectivity index (χ0v) is 6.56. The second-order valence-electron chi connectivity index (χ2n) is 3.13. The van der Waals surface area contributed by atoms with Gasteiger partial charge in [-0.05, 0) is 18.8 Å². The molecule has 0 aromatic carbocycles. The molecule has 1 aliphatic heterocycles. The second kappa shape index (κ2) is 3.62. The first kappa shape index (κ1) is 9.80. The van der Waals surface area contributed by atoms with Gasteiger partial charge in [-0.2, -0.15) is 13.2 Å². The third-order valence-electron chi connectivity index (χ3n) is 2.17. The SMILES string of the molecule is OC[C@@H]1CC[C@@H](C(F)(F)F)NC1. The van der Waals surface area contributed by atoms with Crippen LogP contribution in [0.3, 0.4) is 0 Å². The molecule has 2 nitrogen and oxygen atoms in total. The summed E-state index contributed by atoms with van der Waals surface area (Å²) in [6, 6.07) is -1.37. The van der Waals surface area contributed by atoms with E-state index in [0.717, 1.165) is 0 Å². The lowest BCUT2D eigenvalue weighted by molar-refractivity contribution is -0.162. The van der Waals surface area contributed by atoms with Crippen LogP contribution in [-0.4, -0.2) is 30.5 Å². The van der Waals surface area contributed by atoms with Crippen molar-refractivity contribution in [3.05, 3.63) is 0 Å². The van der Waals surface area contributed by atoms with Gasteiger partial charge in [-0.15, -0.1) is 0 Å². The second-order valence-corrected chi connectivity index (χ2v) is 3.13. The average Bonchev–Trinajstić information content (AvgIpc) is 2.03. The molecule has 2 N–H and O–H groups in total. The number of piperidine rings is 1. The monoisotopic (exact) mass is 183 g/mol. The van der Waals surface area contributed by atoms with Gasteiger partial charge in [0.05, 0.1) is 0 Å². The van der Waals surface area contributed by atoms with Gasteiger partial charge in [0.1, 0.15) is 6.04 Å². The molecule has 5 heteroatoms. The van der Waals surface area contributed by atoms with Gasteiger partial charge in [0.15, 0.2) is 0 Å². The Kier molecular flexibility index (Phi) is 2.95. The van der Waals surface area contributed by atoms with Crippen LogP contribution < -0.4 is 5.32 Å². The van der Waals surface area contributed by atoms with E-state index in [4.69, 9.17) is 5.11 Å². The van der Waals surface area contributed by atoms with Gasteiger partial charge in [-0.25, -0.2) is 0 Å². The summed E-state index contributed by atoms with van der Waals surface area (Å²) >= 11 is 0. The number of aliphatic hydroxyl groups is 1. The highest BCUT2D eigenvalue weighted by molar-refractivity contribution is 4.82. The fourth-order valence-electron chi connectivity index (χ4n) is 1.35. The number of hydrogen-bond donors (Lipinski definition) is 2. The van der Waals surface area contributed by atoms with E-state index < -0.39 is 12.2 Å². The molecule has 72 valence electrons. The first-order valence-electron chi connectivity index (χ1n) is 3.95. The maximum absolute atomic E-state index is 12.0. The summed E-state index contributed by atoms with van der Waals surface area (Å²) in [4.78, 5) is 0. The van der Waals surface area contributed by atoms with Crippen molar-refractivity contribution < 1.29 is 18.3 Å². The van der Waals surface area contributed by atoms with Crippen LogP contribution in [-0.2, 0) is 0 Å². The topological polar surface area (TPSA) is 32.3 Å². The van der Waals surface area contributed by atoms with Crippen molar-refractivity contribution in [2.45, 2.75) is 25.1 Å². The van der Waals surface area contributed by atoms with Crippen molar-refractivity contribution in [1.82, 2.24) is 5.32 Å². The van der Waals surface area contributed by atoms with Crippen molar-refractivity contribution in [2.75, 3.05) is 13.2 Å². The highest BCUT2D eigenvalue weighted by atomic mass is 19.4. The minimum Gasteiger partial charge on any atom is -0.396 e. The molecule has 0 spiro atoms. The molecule has 1 fully saturated rings. The number of hydrogen-bond acceptors (Lipinski definition) is 2. The summed E-state index contributed by atoms with van der Waals surface area (Å²) in [6.45, 7) is 0.234. The smallest absolute Gasteiger partial charge is 0.396 e. The largest absolute Gasteiger partial charge is 0.403 e. The molecule has 0 aromatic rings. The van der Waals surface area contributed by atoms with Crippen molar-refractivity contribution in [3.63, 3.8) is 0 Å². The van der Waals surface area contributed by atoms with Gasteiger partial charge in [0, 0.05) is 13.2 Å². The van der Waals surface area contributed by atoms with Gasteiger partial charge in [0.25, 0.3) is 0 Å². The predicted octanol–water partition coefficient (Wildman–Crippen LogP) is 0.909. The number of aliphatic hydroxyl groups excluding tert-OH is 1. The Morgan fingerprint density at radius 1 is 1.33 bits per heavy atom. The van der Waals surface area contributed by atoms with E-state index in [1.807, 2.05) is 0 Å². The molecular weight excluding hydrogens is 171 g/mol. The molecule has 0 radical (unpaired) electrons. The van der Waals surface area contributed by atoms with Crippen LogP contribution in [0.2, 0.25) is 0 Å². The third kappa shape index (κ3) is 2.35. The standard InChI is InChI=1S/C7H12F3NO/c8-7(9,10)6-2-1-5(4-12)3-11-6/h5-6,11-12H,1-4H2/t5-,6+/m1/s1. The lowest BCUT2D eigenvalue weighted by Crippen LogP contribution is -2.48. The summed E-state index contributed by atoms with van der Waals surface area (Å²) in [7, 11) is 0. The molecule has 0 amide bonds. The van der Waals surface area contributed by atoms with Crippen LogP contribution >= 0.6 is 0 Å². The predicted molar refractivity (Wildman–Crippen MR) is 37.7 cm³/mol. The van der Waals surface area contributed by atoms with Crippen LogP contribution in [0.15, 0.2) is 0 Å². The quantitative estimate of drug-likeness (QED) is 0.633. The first-order chi connectivity index (χ1) is 5.54. The third-order valence-corrected chi connectivity index (χ3v) is 2.17. The molecule has 1 saturated heterocycles. The lowest BCUT2D eigenvalue weighted by Gasteiger charge is -2.30. The Morgan fingerprint density at radius 2 is 2.00 bits per heavy atom. The van der Waals surface area contributed by atoms with E-state index in [0.29, 0.717) is 6.42 Å². The first-order valence-corrected chi connectivity index (χ1v) is 3.95. The molecule has 2 atom stereocenters. The number of rotatable bonds is 1. The zero-order valence-electron chi connectivity index (χ0n) is 6.56. The van der Waals surface area contributed by atoms with Gasteiger partial charge in [0.2, 0.25) is 0 Å². The van der Waals surface area contributed by atoms with Crippen LogP contribution in [0.25, 0.3) is 0 Å². The summed E-state index contributed by atoms with van der Waals surface area (Å²) in [5, 5.41) is 11.0. The maximum atomic E-state index is 12.0. The Hall–Kier alpha value is -0.290. The van der Waals surface area contributed by atoms with Crippen molar-refractivity contribution >= 4 is 0 Å². The number of alkyl halides is 3. The molecule has 1 aliphatic rings. The zero-order chi connectivity index (χ0) is 9.19. The molecule has 0 saturated carbocycles. The summed E-state index contributed by atoms with van der Waals surface area (Å²) in [5.41, 5.74) is 0. The fraction of sp³-hybridized carbons (Fsp3) is 1.00. The van der Waals surface area contributed by atoms with E-state index in [2.05, 4.69) is 5.32 Å². The van der Waals surface area contributed by atoms with Crippen LogP contribution in [0, 0.1) is 5.92 Å². The lowest BCUT2D eigenvalue weighted by atomic mass is 9.95. The Balaban J connectivity index is 2.36. The van der Waals surface area contributed by atoms with Crippen molar-refractivity contribution in [3.8, 4) is 0 Å². The van der Waals surface area contributed by atoms with Crippen LogP contribution in [0.5, 0.6) is 0 Å². The normalized spacial score (nSPS) is 32.0. The van der Waals surface area contributed by atoms with Gasteiger partial charge < -0.3 is 10.4 Å². The summed E-state index contributed by atoms with van der Waals surface area (Å²) in [6.07, 6.45) is -3.61. The minimum atomic E-state index is -4.14. The summed E-state index contributed by atoms with van der Waals surface area (Å²) < 4.78 is 36.1. The maximum Gasteiger partial charge on any atom is 0.403 e. The van der Waals surface area contributed by atoms with E-state index in [1.165, 1.54) is 0 Å². The van der Waals surface area contributed by atoms with Gasteiger partial charge >= 0.3 is 6.18 Å². The van der Waals surface area contributed by atoms with E-state index in [9.17, 15) is 13.2 Å². The molecule has 0 aromatic heterocycles. The Bertz CT molecular complexity index is 140. The van der Waals surface area contributed by atoms with E-state index in [-0.39, 0.29) is 25.5 Å². The number of halogens is 3. The molecule has 1 rings (SSSR count). The van der Waals surface area contributed by atoms with E-state index >= 15 is 0 Å². The highest BCUT2D eigenvalue weighted by Gasteiger charge is 2.41. The molecule has 12 heavy (non-hydrogen) atoms. The fourth-order valence-corrected chi connectivity index (χ4v) is 1.35. The van der Waals surface area contributed by atoms with Gasteiger partial charge in [-0.3, -0.25) is 0 Å². The average molecular weight is 183 g/mol. The summed E-state index contributed by atoms with van der Waals surface area (Å²) in [5.74, 6) is -0.0106. The van der Waals surface area contributed by atoms with Gasteiger partial charge in [-0.1, -0.05) is 0 Å². The van der Waals surface area contributed by atoms with Crippen LogP contribution in [0.1, 0.15) is 12.8 Å². The van der Waals surface area contributed by atoms with Crippen molar-refractivity contribution in [2.24, 2.45) is 5.92 Å². The van der Waals surface area contributed by atoms with E-state index in [1.54, 1.807) is 0 Å². The van der Waals surface area contributed by atoms with Crippen molar-refractivity contribution in [1.29, 1.82) is 0 Å².